The molecule has 0 heterocycles. The fourth-order valence-corrected chi connectivity index (χ4v) is 7.17. The Labute approximate surface area is 295 Å². The fourth-order valence-electron chi connectivity index (χ4n) is 5.30. The molecule has 0 fully saturated rings. The normalized spacial score (nSPS) is 16.2. The summed E-state index contributed by atoms with van der Waals surface area (Å²) in [4.78, 5) is 24.0. The molecule has 0 radical (unpaired) electrons. The molecule has 52 heavy (non-hydrogen) atoms. The molecule has 9 N–H and O–H groups in total. The summed E-state index contributed by atoms with van der Waals surface area (Å²) in [5.41, 5.74) is 17.3. The minimum atomic E-state index is -5.06. The number of Topliss-reactive ketones (excluding diaryl/α,β-unsaturated/α-hetero) is 2. The van der Waals surface area contributed by atoms with Crippen molar-refractivity contribution in [1.82, 2.24) is 0 Å². The summed E-state index contributed by atoms with van der Waals surface area (Å²) in [6.07, 6.45) is 1.91. The lowest BCUT2D eigenvalue weighted by Gasteiger charge is -2.18. The van der Waals surface area contributed by atoms with Crippen LogP contribution >= 0.6 is 0 Å². The second-order valence-corrected chi connectivity index (χ2v) is 15.4. The molecule has 17 nitrogen and oxygen atoms in total. The number of hydrazone groups is 2. The molecule has 266 valence electrons. The molecule has 2 aliphatic carbocycles. The number of hydrogen-bond acceptors (Lipinski definition) is 14. The summed E-state index contributed by atoms with van der Waals surface area (Å²) in [5.74, 6) is -1.78. The summed E-state index contributed by atoms with van der Waals surface area (Å²) in [7, 11) is -14.7. The first-order valence-electron chi connectivity index (χ1n) is 14.5. The van der Waals surface area contributed by atoms with Crippen LogP contribution in [0, 0.1) is 0 Å². The van der Waals surface area contributed by atoms with Gasteiger partial charge < -0.3 is 11.5 Å². The standard InChI is InChI=1S/C32H24N6O11S3/c33-20-5-10-24-18(11-20)13-26(51(44,45)46)29(31(24)39)37-35-21-6-1-16(2-7-21)17-3-8-22(9-4-17)36-38-30-27(52(47,48)49)14-19-12-23(50(41,42)43)15-25(34)28(19)32(30)40/h1-15,35-36H,33-34H2,(H,41,42,43)(H,44,45,46)(H,47,48,49)/b37-29-,38-30+. The van der Waals surface area contributed by atoms with Gasteiger partial charge in [0, 0.05) is 16.9 Å². The first kappa shape index (κ1) is 35.8. The van der Waals surface area contributed by atoms with Crippen LogP contribution in [0.15, 0.2) is 104 Å². The van der Waals surface area contributed by atoms with Crippen LogP contribution in [0.1, 0.15) is 31.8 Å². The van der Waals surface area contributed by atoms with Crippen LogP contribution in [-0.2, 0) is 30.4 Å². The molecule has 2 aliphatic rings. The Balaban J connectivity index is 1.20. The Kier molecular flexibility index (Phi) is 8.90. The number of carbonyl (C=O) groups excluding carboxylic acids is 2. The highest BCUT2D eigenvalue weighted by Crippen LogP contribution is 2.33. The third-order valence-corrected chi connectivity index (χ3v) is 10.3. The van der Waals surface area contributed by atoms with Gasteiger partial charge in [0.05, 0.1) is 21.8 Å². The van der Waals surface area contributed by atoms with Crippen LogP contribution in [0.5, 0.6) is 0 Å². The zero-order valence-corrected chi connectivity index (χ0v) is 28.5. The van der Waals surface area contributed by atoms with E-state index >= 15 is 0 Å². The number of nitrogens with zero attached hydrogens (tertiary/aromatic N) is 2. The number of nitrogens with one attached hydrogen (secondary N) is 2. The zero-order valence-electron chi connectivity index (χ0n) is 26.0. The van der Waals surface area contributed by atoms with Crippen molar-refractivity contribution in [3.05, 3.63) is 111 Å². The predicted octanol–water partition coefficient (Wildman–Crippen LogP) is 3.55. The molecule has 0 saturated heterocycles. The lowest BCUT2D eigenvalue weighted by Crippen LogP contribution is -2.28. The van der Waals surface area contributed by atoms with Crippen LogP contribution in [0.4, 0.5) is 22.7 Å². The largest absolute Gasteiger partial charge is 0.399 e. The number of anilines is 4. The van der Waals surface area contributed by atoms with Gasteiger partial charge >= 0.3 is 0 Å². The summed E-state index contributed by atoms with van der Waals surface area (Å²) >= 11 is 0. The minimum Gasteiger partial charge on any atom is -0.399 e. The minimum absolute atomic E-state index is 0.148. The molecule has 0 atom stereocenters. The third-order valence-electron chi connectivity index (χ3n) is 7.74. The maximum absolute atomic E-state index is 13.3. The second kappa shape index (κ2) is 12.9. The van der Waals surface area contributed by atoms with Gasteiger partial charge in [0.15, 0.2) is 11.4 Å². The summed E-state index contributed by atoms with van der Waals surface area (Å²) in [6.45, 7) is 0. The van der Waals surface area contributed by atoms with E-state index in [1.807, 2.05) is 0 Å². The van der Waals surface area contributed by atoms with Crippen molar-refractivity contribution < 1.29 is 48.5 Å². The molecule has 6 rings (SSSR count). The van der Waals surface area contributed by atoms with E-state index in [1.54, 1.807) is 48.5 Å². The van der Waals surface area contributed by atoms with Crippen LogP contribution in [-0.4, -0.2) is 61.9 Å². The highest BCUT2D eigenvalue weighted by molar-refractivity contribution is 7.91. The van der Waals surface area contributed by atoms with Gasteiger partial charge in [-0.1, -0.05) is 24.3 Å². The van der Waals surface area contributed by atoms with E-state index in [1.165, 1.54) is 18.2 Å². The fraction of sp³-hybridized carbons (Fsp3) is 0. The van der Waals surface area contributed by atoms with Crippen molar-refractivity contribution in [2.75, 3.05) is 22.3 Å². The van der Waals surface area contributed by atoms with Crippen LogP contribution in [0.2, 0.25) is 0 Å². The molecule has 4 aromatic rings. The molecule has 0 saturated carbocycles. The number of hydrogen-bond donors (Lipinski definition) is 7. The molecule has 0 unspecified atom stereocenters. The third kappa shape index (κ3) is 7.10. The second-order valence-electron chi connectivity index (χ2n) is 11.2. The van der Waals surface area contributed by atoms with E-state index < -0.39 is 68.0 Å². The monoisotopic (exact) mass is 764 g/mol. The highest BCUT2D eigenvalue weighted by Gasteiger charge is 2.35. The van der Waals surface area contributed by atoms with Gasteiger partial charge in [-0.3, -0.25) is 34.1 Å². The SMILES string of the molecule is Nc1ccc2c(c1)C=C(S(=O)(=O)O)/C(=N/Nc1ccc(-c3ccc(N/N=C4/C(=O)c5c(N)cc(S(=O)(=O)O)cc5C=C4S(=O)(=O)O)cc3)cc1)C2=O. The topological polar surface area (TPSA) is 298 Å². The van der Waals surface area contributed by atoms with Gasteiger partial charge in [0.25, 0.3) is 30.4 Å². The zero-order chi connectivity index (χ0) is 37.7. The smallest absolute Gasteiger partial charge is 0.296 e. The van der Waals surface area contributed by atoms with Crippen molar-refractivity contribution >= 4 is 88.2 Å². The van der Waals surface area contributed by atoms with E-state index in [0.29, 0.717) is 22.5 Å². The molecule has 0 amide bonds. The summed E-state index contributed by atoms with van der Waals surface area (Å²) < 4.78 is 101. The van der Waals surface area contributed by atoms with Gasteiger partial charge in [-0.25, -0.2) is 0 Å². The van der Waals surface area contributed by atoms with Crippen molar-refractivity contribution in [3.63, 3.8) is 0 Å². The van der Waals surface area contributed by atoms with E-state index in [0.717, 1.165) is 24.3 Å². The van der Waals surface area contributed by atoms with E-state index in [2.05, 4.69) is 21.1 Å². The lowest BCUT2D eigenvalue weighted by atomic mass is 9.93. The van der Waals surface area contributed by atoms with Crippen LogP contribution in [0.25, 0.3) is 23.3 Å². The average Bonchev–Trinajstić information content (AvgIpc) is 3.06. The van der Waals surface area contributed by atoms with E-state index in [9.17, 15) is 48.5 Å². The molecular weight excluding hydrogens is 741 g/mol. The average molecular weight is 765 g/mol. The lowest BCUT2D eigenvalue weighted by molar-refractivity contribution is 0.105. The van der Waals surface area contributed by atoms with E-state index in [-0.39, 0.29) is 33.6 Å². The quantitative estimate of drug-likeness (QED) is 0.0767. The molecule has 0 aliphatic heterocycles. The number of carbonyl (C=O) groups is 2. The van der Waals surface area contributed by atoms with Crippen molar-refractivity contribution in [2.45, 2.75) is 4.90 Å². The maximum Gasteiger partial charge on any atom is 0.296 e. The van der Waals surface area contributed by atoms with Gasteiger partial charge in [-0.2, -0.15) is 35.5 Å². The van der Waals surface area contributed by atoms with Gasteiger partial charge in [0.1, 0.15) is 9.81 Å². The Morgan fingerprint density at radius 2 is 1.04 bits per heavy atom. The van der Waals surface area contributed by atoms with Crippen LogP contribution < -0.4 is 22.3 Å². The maximum atomic E-state index is 13.3. The summed E-state index contributed by atoms with van der Waals surface area (Å²) in [6, 6.07) is 18.9. The number of benzene rings is 4. The predicted molar refractivity (Wildman–Crippen MR) is 193 cm³/mol. The number of nitrogens with two attached hydrogens (primary N) is 2. The number of nitrogen functional groups attached to an aromatic ring is 2. The van der Waals surface area contributed by atoms with E-state index in [4.69, 9.17) is 11.5 Å². The van der Waals surface area contributed by atoms with Crippen molar-refractivity contribution in [3.8, 4) is 11.1 Å². The molecule has 4 aromatic carbocycles. The Morgan fingerprint density at radius 3 is 1.52 bits per heavy atom. The molecule has 0 bridgehead atoms. The van der Waals surface area contributed by atoms with Crippen LogP contribution in [0.3, 0.4) is 0 Å². The molecular formula is C32H24N6O11S3. The van der Waals surface area contributed by atoms with Crippen molar-refractivity contribution in [2.24, 2.45) is 10.2 Å². The number of ketones is 2. The Morgan fingerprint density at radius 1 is 0.558 bits per heavy atom. The molecule has 0 spiro atoms. The van der Waals surface area contributed by atoms with Gasteiger partial charge in [0.2, 0.25) is 11.6 Å². The molecule has 0 aromatic heterocycles. The van der Waals surface area contributed by atoms with Gasteiger partial charge in [-0.05, 0) is 89.0 Å². The number of rotatable bonds is 8. The number of allylic oxidation sites excluding steroid dienone is 2. The molecule has 20 heteroatoms. The highest BCUT2D eigenvalue weighted by atomic mass is 32.2. The number of fused-ring (bicyclic) bond motifs is 2. The Hall–Kier alpha value is -6.03. The van der Waals surface area contributed by atoms with Gasteiger partial charge in [-0.15, -0.1) is 0 Å². The summed E-state index contributed by atoms with van der Waals surface area (Å²) in [5, 5.41) is 7.86. The van der Waals surface area contributed by atoms with Crippen molar-refractivity contribution in [1.29, 1.82) is 0 Å². The first-order valence-corrected chi connectivity index (χ1v) is 18.8. The first-order chi connectivity index (χ1) is 24.3. The Bertz CT molecular complexity index is 2690.